The molecule has 1 atom stereocenters. The monoisotopic (exact) mass is 175 g/mol. The fourth-order valence-electron chi connectivity index (χ4n) is 1.52. The van der Waals surface area contributed by atoms with Gasteiger partial charge in [0.1, 0.15) is 6.17 Å². The number of methoxy groups -OCH3 is 1. The van der Waals surface area contributed by atoms with Gasteiger partial charge in [0.05, 0.1) is 6.10 Å². The minimum Gasteiger partial charge on any atom is -0.380 e. The van der Waals surface area contributed by atoms with Crippen LogP contribution in [0.3, 0.4) is 0 Å². The third-order valence-corrected chi connectivity index (χ3v) is 2.43. The van der Waals surface area contributed by atoms with Crippen molar-refractivity contribution in [3.05, 3.63) is 0 Å². The van der Waals surface area contributed by atoms with Crippen LogP contribution >= 0.6 is 0 Å². The summed E-state index contributed by atoms with van der Waals surface area (Å²) in [5.41, 5.74) is 0. The topological polar surface area (TPSA) is 12.5 Å². The van der Waals surface area contributed by atoms with Gasteiger partial charge in [0.2, 0.25) is 0 Å². The Morgan fingerprint density at radius 2 is 2.08 bits per heavy atom. The molecule has 0 amide bonds. The molecule has 1 aliphatic rings. The molecule has 0 saturated carbocycles. The number of likely N-dealkylation sites (tertiary alicyclic amines) is 1. The van der Waals surface area contributed by atoms with Crippen LogP contribution in [0.25, 0.3) is 0 Å². The second-order valence-corrected chi connectivity index (χ2v) is 3.52. The van der Waals surface area contributed by atoms with E-state index in [9.17, 15) is 4.39 Å². The van der Waals surface area contributed by atoms with Crippen molar-refractivity contribution in [1.82, 2.24) is 4.90 Å². The molecular weight excluding hydrogens is 157 g/mol. The second kappa shape index (κ2) is 4.77. The summed E-state index contributed by atoms with van der Waals surface area (Å²) >= 11 is 0. The van der Waals surface area contributed by atoms with E-state index in [1.807, 2.05) is 6.92 Å². The second-order valence-electron chi connectivity index (χ2n) is 3.52. The van der Waals surface area contributed by atoms with Crippen LogP contribution in [0.5, 0.6) is 0 Å². The average Bonchev–Trinajstić information content (AvgIpc) is 2.09. The lowest BCUT2D eigenvalue weighted by Gasteiger charge is -2.30. The molecule has 1 heterocycles. The molecule has 2 nitrogen and oxygen atoms in total. The number of nitrogens with zero attached hydrogens (tertiary/aromatic N) is 1. The van der Waals surface area contributed by atoms with Crippen LogP contribution in [0.1, 0.15) is 19.8 Å². The van der Waals surface area contributed by atoms with Crippen LogP contribution in [0.15, 0.2) is 0 Å². The van der Waals surface area contributed by atoms with Crippen LogP contribution in [-0.2, 0) is 4.74 Å². The maximum atomic E-state index is 12.7. The fraction of sp³-hybridized carbons (Fsp3) is 1.00. The molecule has 0 radical (unpaired) electrons. The first-order chi connectivity index (χ1) is 5.72. The van der Waals surface area contributed by atoms with E-state index in [0.717, 1.165) is 19.6 Å². The van der Waals surface area contributed by atoms with E-state index in [-0.39, 0.29) is 6.10 Å². The van der Waals surface area contributed by atoms with Crippen LogP contribution in [0.2, 0.25) is 0 Å². The predicted molar refractivity (Wildman–Crippen MR) is 47.0 cm³/mol. The van der Waals surface area contributed by atoms with Crippen LogP contribution < -0.4 is 0 Å². The molecule has 1 rings (SSSR count). The van der Waals surface area contributed by atoms with E-state index in [4.69, 9.17) is 4.74 Å². The highest BCUT2D eigenvalue weighted by Crippen LogP contribution is 2.13. The zero-order valence-electron chi connectivity index (χ0n) is 7.92. The largest absolute Gasteiger partial charge is 0.380 e. The molecule has 0 aromatic heterocycles. The molecule has 0 aliphatic carbocycles. The van der Waals surface area contributed by atoms with Crippen molar-refractivity contribution >= 4 is 0 Å². The van der Waals surface area contributed by atoms with E-state index in [1.165, 1.54) is 0 Å². The van der Waals surface area contributed by atoms with Gasteiger partial charge in [-0.15, -0.1) is 0 Å². The third kappa shape index (κ3) is 3.07. The smallest absolute Gasteiger partial charge is 0.103 e. The summed E-state index contributed by atoms with van der Waals surface area (Å²) in [6.07, 6.45) is 1.08. The molecule has 0 spiro atoms. The minimum atomic E-state index is -0.570. The van der Waals surface area contributed by atoms with Gasteiger partial charge in [-0.25, -0.2) is 4.39 Å². The Kier molecular flexibility index (Phi) is 3.95. The number of alkyl halides is 1. The van der Waals surface area contributed by atoms with Gasteiger partial charge in [-0.05, 0) is 19.8 Å². The van der Waals surface area contributed by atoms with E-state index >= 15 is 0 Å². The van der Waals surface area contributed by atoms with Crippen molar-refractivity contribution in [1.29, 1.82) is 0 Å². The lowest BCUT2D eigenvalue weighted by atomic mass is 10.1. The van der Waals surface area contributed by atoms with Crippen LogP contribution in [-0.4, -0.2) is 43.9 Å². The van der Waals surface area contributed by atoms with Crippen LogP contribution in [0, 0.1) is 0 Å². The van der Waals surface area contributed by atoms with Gasteiger partial charge < -0.3 is 9.64 Å². The van der Waals surface area contributed by atoms with E-state index in [0.29, 0.717) is 12.8 Å². The number of piperidine rings is 1. The Balaban J connectivity index is 2.17. The summed E-state index contributed by atoms with van der Waals surface area (Å²) in [7, 11) is 1.71. The Morgan fingerprint density at radius 1 is 1.50 bits per heavy atom. The number of hydrogen-bond donors (Lipinski definition) is 0. The Hall–Kier alpha value is -0.150. The summed E-state index contributed by atoms with van der Waals surface area (Å²) in [6, 6.07) is 0. The molecular formula is C9H18FNO. The van der Waals surface area contributed by atoms with Gasteiger partial charge in [0.15, 0.2) is 0 Å². The normalized spacial score (nSPS) is 24.2. The number of hydrogen-bond acceptors (Lipinski definition) is 2. The molecule has 72 valence electrons. The predicted octanol–water partition coefficient (Wildman–Crippen LogP) is 1.46. The molecule has 1 fully saturated rings. The Bertz CT molecular complexity index is 124. The molecule has 0 bridgehead atoms. The lowest BCUT2D eigenvalue weighted by molar-refractivity contribution is 0.0577. The van der Waals surface area contributed by atoms with Crippen molar-refractivity contribution < 1.29 is 9.13 Å². The zero-order chi connectivity index (χ0) is 8.97. The molecule has 0 aromatic carbocycles. The van der Waals surface area contributed by atoms with Crippen molar-refractivity contribution in [2.45, 2.75) is 32.0 Å². The SMILES string of the molecule is CO[C@@H](C)CN1CCC(F)CC1. The number of halogens is 1. The van der Waals surface area contributed by atoms with Gasteiger partial charge in [0, 0.05) is 26.7 Å². The third-order valence-electron chi connectivity index (χ3n) is 2.43. The Labute approximate surface area is 73.7 Å². The molecule has 0 aromatic rings. The summed E-state index contributed by atoms with van der Waals surface area (Å²) < 4.78 is 17.9. The maximum Gasteiger partial charge on any atom is 0.103 e. The molecule has 1 saturated heterocycles. The first kappa shape index (κ1) is 9.93. The minimum absolute atomic E-state index is 0.265. The van der Waals surface area contributed by atoms with Gasteiger partial charge >= 0.3 is 0 Å². The standard InChI is InChI=1S/C9H18FNO/c1-8(12-2)7-11-5-3-9(10)4-6-11/h8-9H,3-7H2,1-2H3/t8-/m0/s1. The van der Waals surface area contributed by atoms with Gasteiger partial charge in [0.25, 0.3) is 0 Å². The van der Waals surface area contributed by atoms with E-state index < -0.39 is 6.17 Å². The van der Waals surface area contributed by atoms with Crippen molar-refractivity contribution in [2.24, 2.45) is 0 Å². The zero-order valence-corrected chi connectivity index (χ0v) is 7.92. The number of ether oxygens (including phenoxy) is 1. The molecule has 1 aliphatic heterocycles. The van der Waals surface area contributed by atoms with Gasteiger partial charge in [-0.2, -0.15) is 0 Å². The highest BCUT2D eigenvalue weighted by Gasteiger charge is 2.19. The van der Waals surface area contributed by atoms with E-state index in [1.54, 1.807) is 7.11 Å². The summed E-state index contributed by atoms with van der Waals surface area (Å²) in [4.78, 5) is 2.27. The van der Waals surface area contributed by atoms with Crippen LogP contribution in [0.4, 0.5) is 4.39 Å². The fourth-order valence-corrected chi connectivity index (χ4v) is 1.52. The summed E-state index contributed by atoms with van der Waals surface area (Å²) in [5.74, 6) is 0. The highest BCUT2D eigenvalue weighted by molar-refractivity contribution is 4.72. The molecule has 12 heavy (non-hydrogen) atoms. The molecule has 0 unspecified atom stereocenters. The van der Waals surface area contributed by atoms with Crippen molar-refractivity contribution in [3.8, 4) is 0 Å². The van der Waals surface area contributed by atoms with E-state index in [2.05, 4.69) is 4.90 Å². The molecule has 3 heteroatoms. The highest BCUT2D eigenvalue weighted by atomic mass is 19.1. The maximum absolute atomic E-state index is 12.7. The summed E-state index contributed by atoms with van der Waals surface area (Å²) in [6.45, 7) is 4.74. The first-order valence-corrected chi connectivity index (χ1v) is 4.61. The van der Waals surface area contributed by atoms with Gasteiger partial charge in [-0.1, -0.05) is 0 Å². The lowest BCUT2D eigenvalue weighted by Crippen LogP contribution is -2.39. The Morgan fingerprint density at radius 3 is 2.58 bits per heavy atom. The number of rotatable bonds is 3. The van der Waals surface area contributed by atoms with Crippen molar-refractivity contribution in [2.75, 3.05) is 26.7 Å². The first-order valence-electron chi connectivity index (χ1n) is 4.61. The van der Waals surface area contributed by atoms with Gasteiger partial charge in [-0.3, -0.25) is 0 Å². The average molecular weight is 175 g/mol. The quantitative estimate of drug-likeness (QED) is 0.644. The van der Waals surface area contributed by atoms with Crippen molar-refractivity contribution in [3.63, 3.8) is 0 Å². The summed E-state index contributed by atoms with van der Waals surface area (Å²) in [5, 5.41) is 0. The molecule has 0 N–H and O–H groups in total.